The van der Waals surface area contributed by atoms with Crippen LogP contribution in [0, 0.1) is 5.82 Å². The third-order valence-corrected chi connectivity index (χ3v) is 4.95. The van der Waals surface area contributed by atoms with Crippen molar-refractivity contribution in [2.75, 3.05) is 6.61 Å². The molecule has 2 amide bonds. The van der Waals surface area contributed by atoms with E-state index in [0.29, 0.717) is 33.1 Å². The quantitative estimate of drug-likeness (QED) is 0.617. The molecule has 0 aliphatic heterocycles. The van der Waals surface area contributed by atoms with Crippen molar-refractivity contribution in [3.8, 4) is 11.5 Å². The Labute approximate surface area is 165 Å². The van der Waals surface area contributed by atoms with Crippen LogP contribution in [-0.4, -0.2) is 24.5 Å². The molecule has 6 nitrogen and oxygen atoms in total. The summed E-state index contributed by atoms with van der Waals surface area (Å²) in [6, 6.07) is 13.0. The van der Waals surface area contributed by atoms with Crippen LogP contribution in [0.25, 0.3) is 10.1 Å². The highest BCUT2D eigenvalue weighted by Gasteiger charge is 2.17. The Morgan fingerprint density at radius 3 is 2.50 bits per heavy atom. The maximum absolute atomic E-state index is 13.7. The van der Waals surface area contributed by atoms with Gasteiger partial charge >= 0.3 is 0 Å². The van der Waals surface area contributed by atoms with Gasteiger partial charge in [0.25, 0.3) is 11.8 Å². The number of benzene rings is 2. The van der Waals surface area contributed by atoms with Crippen molar-refractivity contribution in [1.29, 1.82) is 0 Å². The number of thiophene rings is 1. The highest BCUT2D eigenvalue weighted by molar-refractivity contribution is 7.20. The molecule has 0 fully saturated rings. The minimum atomic E-state index is -0.835. The smallest absolute Gasteiger partial charge is 0.279 e. The zero-order valence-electron chi connectivity index (χ0n) is 15.3. The zero-order chi connectivity index (χ0) is 20.1. The Bertz CT molecular complexity index is 988. The fourth-order valence-corrected chi connectivity index (χ4v) is 3.43. The molecular weight excluding hydrogens is 383 g/mol. The first-order chi connectivity index (χ1) is 13.5. The van der Waals surface area contributed by atoms with Crippen LogP contribution in [-0.2, 0) is 4.79 Å². The van der Waals surface area contributed by atoms with Gasteiger partial charge in [0.15, 0.2) is 6.10 Å². The molecule has 2 N–H and O–H groups in total. The molecular formula is C20H19FN2O4S. The van der Waals surface area contributed by atoms with Gasteiger partial charge in [-0.2, -0.15) is 0 Å². The Hall–Kier alpha value is -3.13. The van der Waals surface area contributed by atoms with Gasteiger partial charge in [0.2, 0.25) is 0 Å². The second kappa shape index (κ2) is 8.71. The number of hydrogen-bond donors (Lipinski definition) is 2. The minimum absolute atomic E-state index is 0.292. The van der Waals surface area contributed by atoms with Crippen molar-refractivity contribution in [2.45, 2.75) is 20.0 Å². The fraction of sp³-hybridized carbons (Fsp3) is 0.200. The van der Waals surface area contributed by atoms with E-state index >= 15 is 0 Å². The van der Waals surface area contributed by atoms with Gasteiger partial charge in [0, 0.05) is 10.1 Å². The van der Waals surface area contributed by atoms with E-state index in [9.17, 15) is 14.0 Å². The molecule has 0 aliphatic rings. The van der Waals surface area contributed by atoms with Crippen LogP contribution in [0.15, 0.2) is 48.5 Å². The van der Waals surface area contributed by atoms with Crippen molar-refractivity contribution in [2.24, 2.45) is 0 Å². The normalized spacial score (nSPS) is 11.7. The largest absolute Gasteiger partial charge is 0.494 e. The molecule has 28 heavy (non-hydrogen) atoms. The van der Waals surface area contributed by atoms with Crippen molar-refractivity contribution < 1.29 is 23.5 Å². The molecule has 1 unspecified atom stereocenters. The highest BCUT2D eigenvalue weighted by Crippen LogP contribution is 2.27. The van der Waals surface area contributed by atoms with E-state index in [1.807, 2.05) is 6.92 Å². The predicted octanol–water partition coefficient (Wildman–Crippen LogP) is 3.67. The Morgan fingerprint density at radius 2 is 1.82 bits per heavy atom. The second-order valence-corrected chi connectivity index (χ2v) is 6.95. The van der Waals surface area contributed by atoms with Crippen LogP contribution >= 0.6 is 11.3 Å². The average Bonchev–Trinajstić information content (AvgIpc) is 3.13. The summed E-state index contributed by atoms with van der Waals surface area (Å²) in [6.45, 7) is 4.01. The number of fused-ring (bicyclic) bond motifs is 1. The molecule has 0 radical (unpaired) electrons. The molecule has 1 heterocycles. The van der Waals surface area contributed by atoms with E-state index in [2.05, 4.69) is 10.9 Å². The molecule has 2 aromatic carbocycles. The van der Waals surface area contributed by atoms with Crippen molar-refractivity contribution in [1.82, 2.24) is 10.9 Å². The van der Waals surface area contributed by atoms with Gasteiger partial charge in [-0.3, -0.25) is 20.4 Å². The number of hydrogen-bond acceptors (Lipinski definition) is 5. The van der Waals surface area contributed by atoms with Crippen molar-refractivity contribution >= 4 is 33.2 Å². The molecule has 1 atom stereocenters. The summed E-state index contributed by atoms with van der Waals surface area (Å²) in [5.41, 5.74) is 4.64. The average molecular weight is 402 g/mol. The van der Waals surface area contributed by atoms with Crippen LogP contribution in [0.3, 0.4) is 0 Å². The number of carbonyl (C=O) groups excluding carboxylic acids is 2. The molecule has 0 aliphatic carbocycles. The maximum atomic E-state index is 13.7. The number of rotatable bonds is 6. The highest BCUT2D eigenvalue weighted by atomic mass is 32.1. The van der Waals surface area contributed by atoms with Gasteiger partial charge in [-0.25, -0.2) is 4.39 Å². The van der Waals surface area contributed by atoms with Crippen molar-refractivity contribution in [3.05, 3.63) is 59.2 Å². The van der Waals surface area contributed by atoms with Gasteiger partial charge in [0.1, 0.15) is 17.3 Å². The summed E-state index contributed by atoms with van der Waals surface area (Å²) < 4.78 is 25.3. The first-order valence-corrected chi connectivity index (χ1v) is 9.47. The van der Waals surface area contributed by atoms with Crippen LogP contribution in [0.2, 0.25) is 0 Å². The molecule has 0 saturated heterocycles. The molecule has 0 spiro atoms. The summed E-state index contributed by atoms with van der Waals surface area (Å²) in [6.07, 6.45) is -0.835. The van der Waals surface area contributed by atoms with E-state index in [1.54, 1.807) is 43.3 Å². The monoisotopic (exact) mass is 402 g/mol. The molecule has 146 valence electrons. The number of halogens is 1. The van der Waals surface area contributed by atoms with E-state index < -0.39 is 23.7 Å². The summed E-state index contributed by atoms with van der Waals surface area (Å²) in [5.74, 6) is -0.234. The van der Waals surface area contributed by atoms with Crippen molar-refractivity contribution in [3.63, 3.8) is 0 Å². The minimum Gasteiger partial charge on any atom is -0.494 e. The van der Waals surface area contributed by atoms with E-state index in [4.69, 9.17) is 9.47 Å². The lowest BCUT2D eigenvalue weighted by molar-refractivity contribution is -0.128. The lowest BCUT2D eigenvalue weighted by Crippen LogP contribution is -2.47. The molecule has 8 heteroatoms. The molecule has 0 saturated carbocycles. The lowest BCUT2D eigenvalue weighted by atomic mass is 10.2. The number of hydrazine groups is 1. The third-order valence-electron chi connectivity index (χ3n) is 3.85. The lowest BCUT2D eigenvalue weighted by Gasteiger charge is -2.15. The first-order valence-electron chi connectivity index (χ1n) is 8.65. The van der Waals surface area contributed by atoms with Gasteiger partial charge in [-0.05, 0) is 56.3 Å². The van der Waals surface area contributed by atoms with E-state index in [0.717, 1.165) is 11.3 Å². The Balaban J connectivity index is 1.54. The number of carbonyl (C=O) groups is 2. The SMILES string of the molecule is CCOc1ccc(OC(C)C(=O)NNC(=O)c2cc3c(F)cccc3s2)cc1. The number of amides is 2. The number of ether oxygens (including phenoxy) is 2. The van der Waals surface area contributed by atoms with Crippen LogP contribution in [0.5, 0.6) is 11.5 Å². The van der Waals surface area contributed by atoms with E-state index in [-0.39, 0.29) is 0 Å². The summed E-state index contributed by atoms with van der Waals surface area (Å²) in [7, 11) is 0. The summed E-state index contributed by atoms with van der Waals surface area (Å²) in [4.78, 5) is 24.7. The van der Waals surface area contributed by atoms with Crippen LogP contribution in [0.1, 0.15) is 23.5 Å². The van der Waals surface area contributed by atoms with Crippen LogP contribution < -0.4 is 20.3 Å². The molecule has 0 bridgehead atoms. The van der Waals surface area contributed by atoms with Gasteiger partial charge in [-0.15, -0.1) is 11.3 Å². The van der Waals surface area contributed by atoms with Gasteiger partial charge < -0.3 is 9.47 Å². The molecule has 1 aromatic heterocycles. The Kier molecular flexibility index (Phi) is 6.10. The zero-order valence-corrected chi connectivity index (χ0v) is 16.1. The summed E-state index contributed by atoms with van der Waals surface area (Å²) >= 11 is 1.14. The van der Waals surface area contributed by atoms with Gasteiger partial charge in [0.05, 0.1) is 11.5 Å². The second-order valence-electron chi connectivity index (χ2n) is 5.87. The fourth-order valence-electron chi connectivity index (χ4n) is 2.46. The standard InChI is InChI=1S/C20H19FN2O4S/c1-3-26-13-7-9-14(10-8-13)27-12(2)19(24)22-23-20(25)18-11-15-16(21)5-4-6-17(15)28-18/h4-12H,3H2,1-2H3,(H,22,24)(H,23,25). The maximum Gasteiger partial charge on any atom is 0.279 e. The topological polar surface area (TPSA) is 76.7 Å². The molecule has 3 rings (SSSR count). The number of nitrogens with one attached hydrogen (secondary N) is 2. The first kappa shape index (κ1) is 19.6. The Morgan fingerprint density at radius 1 is 1.11 bits per heavy atom. The summed E-state index contributed by atoms with van der Waals surface area (Å²) in [5, 5.41) is 0.371. The molecule has 3 aromatic rings. The van der Waals surface area contributed by atoms with Gasteiger partial charge in [-0.1, -0.05) is 6.07 Å². The van der Waals surface area contributed by atoms with Crippen LogP contribution in [0.4, 0.5) is 4.39 Å². The van der Waals surface area contributed by atoms with E-state index in [1.165, 1.54) is 12.1 Å². The predicted molar refractivity (Wildman–Crippen MR) is 105 cm³/mol. The third kappa shape index (κ3) is 4.58.